The molecule has 3 aromatic rings. The van der Waals surface area contributed by atoms with Crippen LogP contribution in [0.15, 0.2) is 84.9 Å². The third-order valence-electron chi connectivity index (χ3n) is 6.48. The molecule has 2 heterocycles. The number of aliphatic hydroxyl groups excluding tert-OH is 1. The molecule has 0 spiro atoms. The second-order valence-corrected chi connectivity index (χ2v) is 8.43. The summed E-state index contributed by atoms with van der Waals surface area (Å²) in [5.41, 5.74) is 3.48. The fourth-order valence-electron chi connectivity index (χ4n) is 4.87. The number of piperazine rings is 1. The second kappa shape index (κ2) is 8.93. The van der Waals surface area contributed by atoms with Crippen LogP contribution in [0.5, 0.6) is 0 Å². The molecular formula is C28H24N2O3. The van der Waals surface area contributed by atoms with Crippen molar-refractivity contribution in [2.45, 2.75) is 18.0 Å². The minimum atomic E-state index is -0.266. The highest BCUT2D eigenvalue weighted by Crippen LogP contribution is 2.43. The van der Waals surface area contributed by atoms with Gasteiger partial charge >= 0.3 is 0 Å². The Balaban J connectivity index is 1.35. The molecule has 3 atom stereocenters. The number of carbonyl (C=O) groups excluding carboxylic acids is 2. The molecule has 0 aliphatic carbocycles. The molecule has 0 saturated carbocycles. The molecule has 0 bridgehead atoms. The number of carbonyl (C=O) groups is 2. The van der Waals surface area contributed by atoms with E-state index in [4.69, 9.17) is 0 Å². The zero-order valence-corrected chi connectivity index (χ0v) is 18.1. The number of hydrogen-bond acceptors (Lipinski definition) is 3. The van der Waals surface area contributed by atoms with Gasteiger partial charge in [0.25, 0.3) is 5.91 Å². The Morgan fingerprint density at radius 2 is 1.48 bits per heavy atom. The highest BCUT2D eigenvalue weighted by molar-refractivity contribution is 5.97. The minimum absolute atomic E-state index is 0.0264. The van der Waals surface area contributed by atoms with Crippen molar-refractivity contribution in [2.24, 2.45) is 0 Å². The molecule has 1 N–H and O–H groups in total. The smallest absolute Gasteiger partial charge is 0.254 e. The third-order valence-corrected chi connectivity index (χ3v) is 6.48. The molecule has 3 aromatic carbocycles. The molecule has 0 unspecified atom stereocenters. The molecule has 2 amide bonds. The molecule has 5 rings (SSSR count). The third kappa shape index (κ3) is 4.02. The van der Waals surface area contributed by atoms with E-state index >= 15 is 0 Å². The summed E-state index contributed by atoms with van der Waals surface area (Å²) in [6.07, 6.45) is 0. The van der Waals surface area contributed by atoms with Crippen molar-refractivity contribution in [1.82, 2.24) is 9.80 Å². The van der Waals surface area contributed by atoms with Gasteiger partial charge in [-0.2, -0.15) is 0 Å². The highest BCUT2D eigenvalue weighted by Gasteiger charge is 2.54. The molecule has 33 heavy (non-hydrogen) atoms. The summed E-state index contributed by atoms with van der Waals surface area (Å²) in [7, 11) is 0. The van der Waals surface area contributed by atoms with Gasteiger partial charge in [0.05, 0.1) is 18.7 Å². The molecular weight excluding hydrogens is 412 g/mol. The summed E-state index contributed by atoms with van der Waals surface area (Å²) in [5, 5.41) is 10.00. The van der Waals surface area contributed by atoms with Crippen LogP contribution in [0, 0.1) is 11.8 Å². The average Bonchev–Trinajstić information content (AvgIpc) is 2.85. The summed E-state index contributed by atoms with van der Waals surface area (Å²) in [4.78, 5) is 29.1. The van der Waals surface area contributed by atoms with Crippen LogP contribution in [0.25, 0.3) is 0 Å². The van der Waals surface area contributed by atoms with Crippen molar-refractivity contribution in [3.63, 3.8) is 0 Å². The maximum atomic E-state index is 12.9. The summed E-state index contributed by atoms with van der Waals surface area (Å²) >= 11 is 0. The average molecular weight is 437 g/mol. The topological polar surface area (TPSA) is 60.9 Å². The van der Waals surface area contributed by atoms with E-state index in [1.54, 1.807) is 21.9 Å². The van der Waals surface area contributed by atoms with Gasteiger partial charge in [-0.3, -0.25) is 9.59 Å². The van der Waals surface area contributed by atoms with Crippen LogP contribution >= 0.6 is 0 Å². The van der Waals surface area contributed by atoms with Gasteiger partial charge in [0, 0.05) is 29.2 Å². The number of hydrogen-bond donors (Lipinski definition) is 1. The summed E-state index contributed by atoms with van der Waals surface area (Å²) in [6, 6.07) is 26.4. The summed E-state index contributed by atoms with van der Waals surface area (Å²) in [5.74, 6) is 6.05. The molecule has 0 aromatic heterocycles. The Kier molecular flexibility index (Phi) is 5.68. The van der Waals surface area contributed by atoms with Crippen LogP contribution in [0.1, 0.15) is 33.0 Å². The van der Waals surface area contributed by atoms with Crippen LogP contribution in [-0.4, -0.2) is 58.5 Å². The van der Waals surface area contributed by atoms with E-state index in [1.807, 2.05) is 72.8 Å². The zero-order chi connectivity index (χ0) is 22.8. The number of nitrogens with zero attached hydrogens (tertiary/aromatic N) is 2. The largest absolute Gasteiger partial charge is 0.394 e. The van der Waals surface area contributed by atoms with Gasteiger partial charge < -0.3 is 14.9 Å². The van der Waals surface area contributed by atoms with Crippen molar-refractivity contribution in [3.8, 4) is 11.8 Å². The number of rotatable bonds is 3. The highest BCUT2D eigenvalue weighted by atomic mass is 16.3. The van der Waals surface area contributed by atoms with Gasteiger partial charge in [-0.05, 0) is 42.0 Å². The lowest BCUT2D eigenvalue weighted by atomic mass is 9.73. The van der Waals surface area contributed by atoms with Crippen molar-refractivity contribution in [3.05, 3.63) is 107 Å². The van der Waals surface area contributed by atoms with Crippen LogP contribution in [-0.2, 0) is 4.79 Å². The predicted molar refractivity (Wildman–Crippen MR) is 125 cm³/mol. The second-order valence-electron chi connectivity index (χ2n) is 8.43. The van der Waals surface area contributed by atoms with E-state index in [2.05, 4.69) is 11.8 Å². The number of amides is 2. The molecule has 2 saturated heterocycles. The summed E-state index contributed by atoms with van der Waals surface area (Å²) < 4.78 is 0. The maximum absolute atomic E-state index is 12.9. The monoisotopic (exact) mass is 436 g/mol. The van der Waals surface area contributed by atoms with Gasteiger partial charge in [-0.25, -0.2) is 0 Å². The van der Waals surface area contributed by atoms with E-state index in [1.165, 1.54) is 0 Å². The Morgan fingerprint density at radius 1 is 0.879 bits per heavy atom. The molecule has 5 nitrogen and oxygen atoms in total. The fourth-order valence-corrected chi connectivity index (χ4v) is 4.87. The Labute approximate surface area is 193 Å². The van der Waals surface area contributed by atoms with E-state index in [-0.39, 0.29) is 43.0 Å². The van der Waals surface area contributed by atoms with E-state index in [9.17, 15) is 14.7 Å². The first-order valence-electron chi connectivity index (χ1n) is 11.1. The minimum Gasteiger partial charge on any atom is -0.394 e. The lowest BCUT2D eigenvalue weighted by molar-refractivity contribution is -0.159. The van der Waals surface area contributed by atoms with Gasteiger partial charge in [0.2, 0.25) is 5.91 Å². The van der Waals surface area contributed by atoms with Crippen molar-refractivity contribution < 1.29 is 14.7 Å². The molecule has 2 aliphatic rings. The number of fused-ring (bicyclic) bond motifs is 1. The van der Waals surface area contributed by atoms with Crippen molar-refractivity contribution >= 4 is 11.8 Å². The Hall–Kier alpha value is -3.88. The Morgan fingerprint density at radius 3 is 2.12 bits per heavy atom. The standard InChI is InChI=1S/C28H24N2O3/c31-19-25-27(22-15-13-21(14-16-22)12-11-20-7-3-1-4-8-20)24-17-29(18-26(32)30(24)25)28(33)23-9-5-2-6-10-23/h1-10,13-16,24-25,27,31H,17-19H2/t24-,25+,27-/m0/s1. The molecule has 5 heteroatoms. The first kappa shape index (κ1) is 21.0. The molecule has 0 radical (unpaired) electrons. The maximum Gasteiger partial charge on any atom is 0.254 e. The van der Waals surface area contributed by atoms with Gasteiger partial charge in [0.1, 0.15) is 6.54 Å². The van der Waals surface area contributed by atoms with Crippen LogP contribution in [0.2, 0.25) is 0 Å². The first-order valence-corrected chi connectivity index (χ1v) is 11.1. The van der Waals surface area contributed by atoms with E-state index < -0.39 is 0 Å². The van der Waals surface area contributed by atoms with Crippen LogP contribution < -0.4 is 0 Å². The summed E-state index contributed by atoms with van der Waals surface area (Å²) in [6.45, 7) is 0.396. The quantitative estimate of drug-likeness (QED) is 0.643. The van der Waals surface area contributed by atoms with Gasteiger partial charge in [-0.1, -0.05) is 60.4 Å². The molecule has 164 valence electrons. The van der Waals surface area contributed by atoms with Gasteiger partial charge in [-0.15, -0.1) is 0 Å². The fraction of sp³-hybridized carbons (Fsp3) is 0.214. The lowest BCUT2D eigenvalue weighted by Gasteiger charge is -2.58. The number of benzene rings is 3. The molecule has 2 aliphatic heterocycles. The molecule has 2 fully saturated rings. The van der Waals surface area contributed by atoms with Gasteiger partial charge in [0.15, 0.2) is 0 Å². The van der Waals surface area contributed by atoms with Crippen molar-refractivity contribution in [1.29, 1.82) is 0 Å². The zero-order valence-electron chi connectivity index (χ0n) is 18.1. The Bertz CT molecular complexity index is 1210. The SMILES string of the molecule is O=C(c1ccccc1)N1CC(=O)N2[C@H](CO)[C@@H](c3ccc(C#Cc4ccccc4)cc3)[C@@H]2C1. The van der Waals surface area contributed by atoms with E-state index in [0.717, 1.165) is 16.7 Å². The van der Waals surface area contributed by atoms with Crippen LogP contribution in [0.3, 0.4) is 0 Å². The predicted octanol–water partition coefficient (Wildman–Crippen LogP) is 2.90. The van der Waals surface area contributed by atoms with E-state index in [0.29, 0.717) is 12.1 Å². The number of aliphatic hydroxyl groups is 1. The van der Waals surface area contributed by atoms with Crippen molar-refractivity contribution in [2.75, 3.05) is 19.7 Å². The lowest BCUT2D eigenvalue weighted by Crippen LogP contribution is -2.73. The normalized spacial score (nSPS) is 21.5. The van der Waals surface area contributed by atoms with Crippen LogP contribution in [0.4, 0.5) is 0 Å². The first-order chi connectivity index (χ1) is 16.2.